The lowest BCUT2D eigenvalue weighted by molar-refractivity contribution is 0.0975. The zero-order chi connectivity index (χ0) is 20.7. The molecule has 0 aliphatic carbocycles. The minimum absolute atomic E-state index is 0.156. The lowest BCUT2D eigenvalue weighted by Crippen LogP contribution is -2.41. The van der Waals surface area contributed by atoms with Crippen LogP contribution in [-0.4, -0.2) is 47.5 Å². The first kappa shape index (κ1) is 20.0. The Morgan fingerprint density at radius 1 is 1.30 bits per heavy atom. The Bertz CT molecular complexity index is 944. The molecule has 1 aromatic carbocycles. The molecule has 2 aromatic rings. The van der Waals surface area contributed by atoms with E-state index in [0.717, 1.165) is 74.5 Å². The molecule has 2 fully saturated rings. The summed E-state index contributed by atoms with van der Waals surface area (Å²) < 4.78 is 11.6. The third kappa shape index (κ3) is 3.55. The van der Waals surface area contributed by atoms with Crippen LogP contribution >= 0.6 is 11.6 Å². The molecule has 3 aliphatic rings. The van der Waals surface area contributed by atoms with Crippen LogP contribution in [0.1, 0.15) is 43.9 Å². The average molecular weight is 430 g/mol. The van der Waals surface area contributed by atoms with Crippen LogP contribution in [0.4, 0.5) is 5.82 Å². The summed E-state index contributed by atoms with van der Waals surface area (Å²) >= 11 is 6.65. The predicted molar refractivity (Wildman–Crippen MR) is 116 cm³/mol. The van der Waals surface area contributed by atoms with Gasteiger partial charge in [0.25, 0.3) is 0 Å². The van der Waals surface area contributed by atoms with E-state index in [-0.39, 0.29) is 6.61 Å². The van der Waals surface area contributed by atoms with Crippen LogP contribution in [0.3, 0.4) is 0 Å². The van der Waals surface area contributed by atoms with E-state index in [1.165, 1.54) is 0 Å². The summed E-state index contributed by atoms with van der Waals surface area (Å²) in [5, 5.41) is 10.6. The van der Waals surface area contributed by atoms with Gasteiger partial charge in [-0.2, -0.15) is 0 Å². The van der Waals surface area contributed by atoms with Gasteiger partial charge >= 0.3 is 0 Å². The van der Waals surface area contributed by atoms with Crippen molar-refractivity contribution >= 4 is 17.4 Å². The van der Waals surface area contributed by atoms with Gasteiger partial charge in [0.05, 0.1) is 42.8 Å². The summed E-state index contributed by atoms with van der Waals surface area (Å²) in [7, 11) is 0. The monoisotopic (exact) mass is 429 g/mol. The highest BCUT2D eigenvalue weighted by atomic mass is 35.5. The van der Waals surface area contributed by atoms with Gasteiger partial charge in [0.2, 0.25) is 0 Å². The van der Waals surface area contributed by atoms with Gasteiger partial charge in [-0.1, -0.05) is 23.7 Å². The van der Waals surface area contributed by atoms with Crippen molar-refractivity contribution in [1.82, 2.24) is 9.97 Å². The van der Waals surface area contributed by atoms with Gasteiger partial charge in [0.15, 0.2) is 5.82 Å². The van der Waals surface area contributed by atoms with E-state index in [2.05, 4.69) is 17.9 Å². The number of aliphatic hydroxyl groups is 1. The van der Waals surface area contributed by atoms with Gasteiger partial charge in [-0.15, -0.1) is 0 Å². The Morgan fingerprint density at radius 2 is 2.13 bits per heavy atom. The smallest absolute Gasteiger partial charge is 0.152 e. The maximum atomic E-state index is 10.0. The second kappa shape index (κ2) is 7.98. The third-order valence-electron chi connectivity index (χ3n) is 6.78. The zero-order valence-corrected chi connectivity index (χ0v) is 18.1. The second-order valence-corrected chi connectivity index (χ2v) is 9.24. The van der Waals surface area contributed by atoms with Crippen molar-refractivity contribution in [3.8, 4) is 17.0 Å². The Labute approximate surface area is 182 Å². The van der Waals surface area contributed by atoms with E-state index in [9.17, 15) is 5.11 Å². The number of nitrogens with zero attached hydrogens (tertiary/aromatic N) is 3. The summed E-state index contributed by atoms with van der Waals surface area (Å²) in [5.41, 5.74) is 3.49. The zero-order valence-electron chi connectivity index (χ0n) is 17.4. The number of rotatable bonds is 3. The van der Waals surface area contributed by atoms with Crippen LogP contribution in [0.2, 0.25) is 5.02 Å². The molecule has 0 unspecified atom stereocenters. The minimum Gasteiger partial charge on any atom is -0.492 e. The Morgan fingerprint density at radius 3 is 2.87 bits per heavy atom. The number of aliphatic hydroxyl groups excluding tert-OH is 1. The van der Waals surface area contributed by atoms with Crippen molar-refractivity contribution in [2.75, 3.05) is 31.2 Å². The number of hydrogen-bond acceptors (Lipinski definition) is 6. The molecule has 4 heterocycles. The van der Waals surface area contributed by atoms with Crippen LogP contribution in [0.25, 0.3) is 11.3 Å². The molecule has 2 saturated heterocycles. The predicted octanol–water partition coefficient (Wildman–Crippen LogP) is 4.01. The van der Waals surface area contributed by atoms with E-state index >= 15 is 0 Å². The molecular weight excluding hydrogens is 402 g/mol. The van der Waals surface area contributed by atoms with Crippen LogP contribution in [0, 0.1) is 5.41 Å². The van der Waals surface area contributed by atoms with Crippen molar-refractivity contribution in [2.24, 2.45) is 5.41 Å². The van der Waals surface area contributed by atoms with Gasteiger partial charge in [-0.05, 0) is 50.0 Å². The highest BCUT2D eigenvalue weighted by molar-refractivity contribution is 6.34. The van der Waals surface area contributed by atoms with Crippen LogP contribution < -0.4 is 9.64 Å². The number of aryl methyl sites for hydroxylation is 1. The molecule has 1 atom stereocenters. The van der Waals surface area contributed by atoms with Crippen molar-refractivity contribution in [3.63, 3.8) is 0 Å². The van der Waals surface area contributed by atoms with Crippen molar-refractivity contribution in [3.05, 3.63) is 34.6 Å². The quantitative estimate of drug-likeness (QED) is 0.795. The topological polar surface area (TPSA) is 67.7 Å². The van der Waals surface area contributed by atoms with Gasteiger partial charge in [0, 0.05) is 18.7 Å². The number of benzene rings is 1. The van der Waals surface area contributed by atoms with Crippen molar-refractivity contribution < 1.29 is 14.6 Å². The van der Waals surface area contributed by atoms with E-state index in [1.807, 2.05) is 6.07 Å². The molecule has 1 spiro atoms. The Balaban J connectivity index is 1.39. The van der Waals surface area contributed by atoms with E-state index < -0.39 is 0 Å². The normalized spacial score (nSPS) is 22.8. The number of piperidine rings is 1. The first-order chi connectivity index (χ1) is 14.6. The number of ether oxygens (including phenoxy) is 2. The SMILES string of the molecule is C[C@H]1CC2(CCN(c3ncc(-c4ccc5c(c4Cl)OCCC5)nc3CO)CC2)CO1. The molecular formula is C23H28ClN3O3. The Kier molecular flexibility index (Phi) is 5.33. The van der Waals surface area contributed by atoms with E-state index in [4.69, 9.17) is 31.0 Å². The largest absolute Gasteiger partial charge is 0.492 e. The fraction of sp³-hybridized carbons (Fsp3) is 0.565. The average Bonchev–Trinajstić information content (AvgIpc) is 3.14. The summed E-state index contributed by atoms with van der Waals surface area (Å²) in [6.07, 6.45) is 7.40. The lowest BCUT2D eigenvalue weighted by atomic mass is 9.77. The number of halogens is 1. The molecule has 0 radical (unpaired) electrons. The molecule has 0 saturated carbocycles. The number of hydrogen-bond donors (Lipinski definition) is 1. The maximum absolute atomic E-state index is 10.0. The summed E-state index contributed by atoms with van der Waals surface area (Å²) in [6.45, 7) is 5.36. The molecule has 7 heteroatoms. The fourth-order valence-electron chi connectivity index (χ4n) is 5.09. The summed E-state index contributed by atoms with van der Waals surface area (Å²) in [4.78, 5) is 11.7. The van der Waals surface area contributed by atoms with Gasteiger partial charge in [-0.3, -0.25) is 0 Å². The highest BCUT2D eigenvalue weighted by Gasteiger charge is 2.41. The first-order valence-corrected chi connectivity index (χ1v) is 11.2. The van der Waals surface area contributed by atoms with Gasteiger partial charge < -0.3 is 19.5 Å². The third-order valence-corrected chi connectivity index (χ3v) is 7.16. The number of fused-ring (bicyclic) bond motifs is 1. The van der Waals surface area contributed by atoms with Crippen molar-refractivity contribution in [2.45, 2.75) is 51.7 Å². The van der Waals surface area contributed by atoms with Crippen molar-refractivity contribution in [1.29, 1.82) is 0 Å². The molecule has 30 heavy (non-hydrogen) atoms. The maximum Gasteiger partial charge on any atom is 0.152 e. The number of anilines is 1. The van der Waals surface area contributed by atoms with Crippen LogP contribution in [0.5, 0.6) is 5.75 Å². The molecule has 0 amide bonds. The lowest BCUT2D eigenvalue weighted by Gasteiger charge is -2.39. The molecule has 3 aliphatic heterocycles. The van der Waals surface area contributed by atoms with Gasteiger partial charge in [-0.25, -0.2) is 9.97 Å². The summed E-state index contributed by atoms with van der Waals surface area (Å²) in [6, 6.07) is 4.03. The fourth-order valence-corrected chi connectivity index (χ4v) is 5.43. The highest BCUT2D eigenvalue weighted by Crippen LogP contribution is 2.43. The molecule has 6 nitrogen and oxygen atoms in total. The first-order valence-electron chi connectivity index (χ1n) is 10.9. The van der Waals surface area contributed by atoms with Crippen LogP contribution in [-0.2, 0) is 17.8 Å². The van der Waals surface area contributed by atoms with E-state index in [0.29, 0.717) is 34.5 Å². The molecule has 1 N–H and O–H groups in total. The van der Waals surface area contributed by atoms with Crippen LogP contribution in [0.15, 0.2) is 18.3 Å². The Hall–Kier alpha value is -1.89. The summed E-state index contributed by atoms with van der Waals surface area (Å²) in [5.74, 6) is 1.53. The second-order valence-electron chi connectivity index (χ2n) is 8.86. The molecule has 1 aromatic heterocycles. The standard InChI is InChI=1S/C23H28ClN3O3/c1-15-11-23(14-30-15)6-8-27(9-7-23)22-19(13-28)26-18(12-25-22)17-5-4-16-3-2-10-29-21(16)20(17)24/h4-5,12,15,28H,2-3,6-11,13-14H2,1H3/t15-/m0/s1. The minimum atomic E-state index is -0.156. The molecule has 5 rings (SSSR count). The molecule has 160 valence electrons. The van der Waals surface area contributed by atoms with E-state index in [1.54, 1.807) is 6.20 Å². The number of aromatic nitrogens is 2. The van der Waals surface area contributed by atoms with Gasteiger partial charge in [0.1, 0.15) is 11.4 Å². The molecule has 0 bridgehead atoms.